The van der Waals surface area contributed by atoms with Gasteiger partial charge in [0.15, 0.2) is 9.84 Å². The van der Waals surface area contributed by atoms with Crippen LogP contribution in [0.4, 0.5) is 0 Å². The van der Waals surface area contributed by atoms with Gasteiger partial charge < -0.3 is 10.4 Å². The molecule has 0 bridgehead atoms. The lowest BCUT2D eigenvalue weighted by Crippen LogP contribution is -2.43. The Balaban J connectivity index is 2.28. The molecule has 1 amide bonds. The van der Waals surface area contributed by atoms with E-state index < -0.39 is 15.8 Å². The van der Waals surface area contributed by atoms with Crippen LogP contribution < -0.4 is 5.32 Å². The standard InChI is InChI=1S/C9H15NO5S2/c11-8(4-16-5-9(12)13)10-7-2-1-3-17(14,15)6-7/h7H,1-6H2,(H,10,11)(H,12,13). The number of carboxylic acid groups (broad SMARTS) is 1. The van der Waals surface area contributed by atoms with Crippen molar-refractivity contribution in [2.45, 2.75) is 18.9 Å². The molecule has 6 nitrogen and oxygen atoms in total. The number of carbonyl (C=O) groups is 2. The van der Waals surface area contributed by atoms with Crippen molar-refractivity contribution < 1.29 is 23.1 Å². The van der Waals surface area contributed by atoms with Crippen molar-refractivity contribution in [3.63, 3.8) is 0 Å². The van der Waals surface area contributed by atoms with E-state index in [1.807, 2.05) is 0 Å². The highest BCUT2D eigenvalue weighted by atomic mass is 32.2. The molecule has 2 N–H and O–H groups in total. The summed E-state index contributed by atoms with van der Waals surface area (Å²) in [5.41, 5.74) is 0. The number of rotatable bonds is 5. The van der Waals surface area contributed by atoms with E-state index in [2.05, 4.69) is 5.32 Å². The van der Waals surface area contributed by atoms with E-state index in [1.54, 1.807) is 0 Å². The molecule has 0 aromatic rings. The van der Waals surface area contributed by atoms with Crippen LogP contribution in [0.3, 0.4) is 0 Å². The SMILES string of the molecule is O=C(O)CSCC(=O)NC1CCCS(=O)(=O)C1. The number of amides is 1. The average molecular weight is 281 g/mol. The maximum atomic E-state index is 11.4. The lowest BCUT2D eigenvalue weighted by atomic mass is 10.2. The Hall–Kier alpha value is -0.760. The minimum Gasteiger partial charge on any atom is -0.481 e. The van der Waals surface area contributed by atoms with Crippen LogP contribution >= 0.6 is 11.8 Å². The van der Waals surface area contributed by atoms with Crippen molar-refractivity contribution in [2.24, 2.45) is 0 Å². The Morgan fingerprint density at radius 2 is 2.06 bits per heavy atom. The van der Waals surface area contributed by atoms with Gasteiger partial charge in [-0.2, -0.15) is 0 Å². The summed E-state index contributed by atoms with van der Waals surface area (Å²) in [5, 5.41) is 11.0. The molecule has 1 unspecified atom stereocenters. The van der Waals surface area contributed by atoms with Gasteiger partial charge in [0, 0.05) is 6.04 Å². The number of nitrogens with one attached hydrogen (secondary N) is 1. The number of carboxylic acids is 1. The number of carbonyl (C=O) groups excluding carboxylic acids is 1. The van der Waals surface area contributed by atoms with Crippen molar-refractivity contribution in [1.29, 1.82) is 0 Å². The van der Waals surface area contributed by atoms with Gasteiger partial charge in [0.1, 0.15) is 0 Å². The Kier molecular flexibility index (Phi) is 5.26. The zero-order valence-electron chi connectivity index (χ0n) is 9.22. The lowest BCUT2D eigenvalue weighted by molar-refractivity contribution is -0.133. The van der Waals surface area contributed by atoms with Gasteiger partial charge >= 0.3 is 5.97 Å². The maximum absolute atomic E-state index is 11.4. The van der Waals surface area contributed by atoms with Gasteiger partial charge in [0.25, 0.3) is 0 Å². The van der Waals surface area contributed by atoms with Gasteiger partial charge in [-0.3, -0.25) is 9.59 Å². The summed E-state index contributed by atoms with van der Waals surface area (Å²) in [6.45, 7) is 0. The highest BCUT2D eigenvalue weighted by molar-refractivity contribution is 8.00. The number of hydrogen-bond acceptors (Lipinski definition) is 5. The fourth-order valence-electron chi connectivity index (χ4n) is 1.64. The first kappa shape index (κ1) is 14.3. The molecule has 1 atom stereocenters. The van der Waals surface area contributed by atoms with Gasteiger partial charge in [0.05, 0.1) is 23.0 Å². The summed E-state index contributed by atoms with van der Waals surface area (Å²) >= 11 is 0.997. The van der Waals surface area contributed by atoms with E-state index in [4.69, 9.17) is 5.11 Å². The van der Waals surface area contributed by atoms with Crippen molar-refractivity contribution >= 4 is 33.5 Å². The van der Waals surface area contributed by atoms with Gasteiger partial charge in [-0.25, -0.2) is 8.42 Å². The van der Waals surface area contributed by atoms with E-state index in [9.17, 15) is 18.0 Å². The summed E-state index contributed by atoms with van der Waals surface area (Å²) in [5.74, 6) is -1.18. The fourth-order valence-corrected chi connectivity index (χ4v) is 3.82. The van der Waals surface area contributed by atoms with Gasteiger partial charge in [-0.1, -0.05) is 0 Å². The molecule has 1 aliphatic heterocycles. The zero-order chi connectivity index (χ0) is 12.9. The third kappa shape index (κ3) is 5.92. The minimum atomic E-state index is -3.03. The molecule has 1 fully saturated rings. The van der Waals surface area contributed by atoms with E-state index >= 15 is 0 Å². The van der Waals surface area contributed by atoms with Crippen molar-refractivity contribution in [3.8, 4) is 0 Å². The summed E-state index contributed by atoms with van der Waals surface area (Å²) in [4.78, 5) is 21.6. The van der Waals surface area contributed by atoms with Crippen LogP contribution in [-0.4, -0.2) is 54.5 Å². The Morgan fingerprint density at radius 1 is 1.35 bits per heavy atom. The van der Waals surface area contributed by atoms with E-state index in [0.29, 0.717) is 12.8 Å². The molecule has 1 aliphatic rings. The maximum Gasteiger partial charge on any atom is 0.313 e. The van der Waals surface area contributed by atoms with E-state index in [0.717, 1.165) is 11.8 Å². The topological polar surface area (TPSA) is 101 Å². The molecule has 0 aromatic heterocycles. The monoisotopic (exact) mass is 281 g/mol. The fraction of sp³-hybridized carbons (Fsp3) is 0.778. The number of aliphatic carboxylic acids is 1. The molecule has 1 rings (SSSR count). The van der Waals surface area contributed by atoms with Crippen molar-refractivity contribution in [2.75, 3.05) is 23.0 Å². The Morgan fingerprint density at radius 3 is 2.65 bits per heavy atom. The Labute approximate surface area is 104 Å². The molecule has 0 aromatic carbocycles. The predicted molar refractivity (Wildman–Crippen MR) is 64.8 cm³/mol. The van der Waals surface area contributed by atoms with E-state index in [1.165, 1.54) is 0 Å². The first-order valence-electron chi connectivity index (χ1n) is 5.18. The van der Waals surface area contributed by atoms with Crippen LogP contribution in [0.25, 0.3) is 0 Å². The molecule has 8 heteroatoms. The van der Waals surface area contributed by atoms with Gasteiger partial charge in [0.2, 0.25) is 5.91 Å². The molecule has 0 spiro atoms. The number of thioether (sulfide) groups is 1. The second-order valence-corrected chi connectivity index (χ2v) is 7.12. The summed E-state index contributed by atoms with van der Waals surface area (Å²) < 4.78 is 22.6. The third-order valence-corrected chi connectivity index (χ3v) is 5.03. The minimum absolute atomic E-state index is 0.0116. The average Bonchev–Trinajstić information content (AvgIpc) is 2.14. The van der Waals surface area contributed by atoms with Gasteiger partial charge in [-0.15, -0.1) is 11.8 Å². The second kappa shape index (κ2) is 6.25. The largest absolute Gasteiger partial charge is 0.481 e. The van der Waals surface area contributed by atoms with Gasteiger partial charge in [-0.05, 0) is 12.8 Å². The van der Waals surface area contributed by atoms with Crippen molar-refractivity contribution in [1.82, 2.24) is 5.32 Å². The smallest absolute Gasteiger partial charge is 0.313 e. The van der Waals surface area contributed by atoms with Crippen LogP contribution in [0.15, 0.2) is 0 Å². The predicted octanol–water partition coefficient (Wildman–Crippen LogP) is -0.502. The summed E-state index contributed by atoms with van der Waals surface area (Å²) in [6, 6.07) is -0.327. The molecule has 17 heavy (non-hydrogen) atoms. The molecule has 1 heterocycles. The summed E-state index contributed by atoms with van der Waals surface area (Å²) in [7, 11) is -3.03. The van der Waals surface area contributed by atoms with Crippen LogP contribution in [0.1, 0.15) is 12.8 Å². The van der Waals surface area contributed by atoms with E-state index in [-0.39, 0.29) is 35.0 Å². The molecule has 0 aliphatic carbocycles. The third-order valence-electron chi connectivity index (χ3n) is 2.29. The Bertz CT molecular complexity index is 392. The first-order chi connectivity index (χ1) is 7.89. The quantitative estimate of drug-likeness (QED) is 0.704. The molecular formula is C9H15NO5S2. The van der Waals surface area contributed by atoms with Crippen LogP contribution in [0, 0.1) is 0 Å². The molecule has 1 saturated heterocycles. The molecule has 98 valence electrons. The summed E-state index contributed by atoms with van der Waals surface area (Å²) in [6.07, 6.45) is 1.23. The highest BCUT2D eigenvalue weighted by Gasteiger charge is 2.25. The number of hydrogen-bond donors (Lipinski definition) is 2. The molecule has 0 radical (unpaired) electrons. The molecule has 0 saturated carbocycles. The second-order valence-electron chi connectivity index (χ2n) is 3.91. The van der Waals surface area contributed by atoms with Crippen LogP contribution in [-0.2, 0) is 19.4 Å². The molecular weight excluding hydrogens is 266 g/mol. The normalized spacial score (nSPS) is 22.9. The van der Waals surface area contributed by atoms with Crippen molar-refractivity contribution in [3.05, 3.63) is 0 Å². The highest BCUT2D eigenvalue weighted by Crippen LogP contribution is 2.12. The van der Waals surface area contributed by atoms with Crippen LogP contribution in [0.2, 0.25) is 0 Å². The number of sulfone groups is 1. The zero-order valence-corrected chi connectivity index (χ0v) is 10.8. The van der Waals surface area contributed by atoms with Crippen LogP contribution in [0.5, 0.6) is 0 Å². The lowest BCUT2D eigenvalue weighted by Gasteiger charge is -2.22. The first-order valence-corrected chi connectivity index (χ1v) is 8.16.